The predicted octanol–water partition coefficient (Wildman–Crippen LogP) is 2.12. The molecule has 1 unspecified atom stereocenters. The number of sulfone groups is 1. The average Bonchev–Trinajstić information content (AvgIpc) is 2.94. The summed E-state index contributed by atoms with van der Waals surface area (Å²) in [6.07, 6.45) is 0. The van der Waals surface area contributed by atoms with Crippen LogP contribution in [0.25, 0.3) is 0 Å². The number of carbonyl (C=O) groups is 1. The molecule has 0 aliphatic carbocycles. The van der Waals surface area contributed by atoms with Gasteiger partial charge < -0.3 is 9.84 Å². The Hall–Kier alpha value is -2.29. The molecule has 0 bridgehead atoms. The standard InChI is InChI=1S/C16H20FN3O4S/c1-10(2)16-19-14(20-24-16)8-25(22,23)9-15(21)18-11(3)12-4-6-13(17)7-5-12/h4-7,10-11H,8-9H2,1-3H3,(H,18,21). The second-order valence-corrected chi connectivity index (χ2v) is 8.14. The molecule has 1 heterocycles. The first-order valence-corrected chi connectivity index (χ1v) is 9.56. The van der Waals surface area contributed by atoms with Crippen LogP contribution >= 0.6 is 0 Å². The Morgan fingerprint density at radius 2 is 1.88 bits per heavy atom. The van der Waals surface area contributed by atoms with Gasteiger partial charge in [-0.15, -0.1) is 0 Å². The number of rotatable bonds is 7. The topological polar surface area (TPSA) is 102 Å². The molecule has 1 atom stereocenters. The van der Waals surface area contributed by atoms with Crippen molar-refractivity contribution in [2.75, 3.05) is 5.75 Å². The normalized spacial score (nSPS) is 13.0. The average molecular weight is 369 g/mol. The lowest BCUT2D eigenvalue weighted by Crippen LogP contribution is -2.33. The van der Waals surface area contributed by atoms with E-state index < -0.39 is 33.3 Å². The fourth-order valence-corrected chi connectivity index (χ4v) is 3.22. The summed E-state index contributed by atoms with van der Waals surface area (Å²) >= 11 is 0. The molecule has 1 aromatic heterocycles. The number of amides is 1. The van der Waals surface area contributed by atoms with E-state index in [0.29, 0.717) is 11.5 Å². The number of aromatic nitrogens is 2. The van der Waals surface area contributed by atoms with Crippen LogP contribution < -0.4 is 5.32 Å². The molecule has 0 saturated heterocycles. The molecule has 0 radical (unpaired) electrons. The van der Waals surface area contributed by atoms with Gasteiger partial charge in [0.25, 0.3) is 0 Å². The number of hydrogen-bond donors (Lipinski definition) is 1. The van der Waals surface area contributed by atoms with Gasteiger partial charge in [0.15, 0.2) is 15.7 Å². The number of hydrogen-bond acceptors (Lipinski definition) is 6. The summed E-state index contributed by atoms with van der Waals surface area (Å²) in [5.74, 6) is -1.83. The van der Waals surface area contributed by atoms with E-state index in [2.05, 4.69) is 15.5 Å². The minimum Gasteiger partial charge on any atom is -0.349 e. The van der Waals surface area contributed by atoms with Crippen molar-refractivity contribution in [3.8, 4) is 0 Å². The Labute approximate surface area is 145 Å². The highest BCUT2D eigenvalue weighted by atomic mass is 32.2. The van der Waals surface area contributed by atoms with Crippen LogP contribution in [-0.2, 0) is 20.4 Å². The van der Waals surface area contributed by atoms with Gasteiger partial charge in [-0.3, -0.25) is 4.79 Å². The van der Waals surface area contributed by atoms with Crippen LogP contribution in [0.2, 0.25) is 0 Å². The molecule has 0 aliphatic rings. The number of nitrogens with zero attached hydrogens (tertiary/aromatic N) is 2. The maximum Gasteiger partial charge on any atom is 0.235 e. The van der Waals surface area contributed by atoms with Crippen LogP contribution in [0, 0.1) is 5.82 Å². The highest BCUT2D eigenvalue weighted by Crippen LogP contribution is 2.14. The third-order valence-corrected chi connectivity index (χ3v) is 4.83. The lowest BCUT2D eigenvalue weighted by atomic mass is 10.1. The van der Waals surface area contributed by atoms with Crippen LogP contribution in [0.3, 0.4) is 0 Å². The van der Waals surface area contributed by atoms with Gasteiger partial charge in [0, 0.05) is 5.92 Å². The van der Waals surface area contributed by atoms with Crippen molar-refractivity contribution in [3.63, 3.8) is 0 Å². The van der Waals surface area contributed by atoms with Crippen LogP contribution in [0.5, 0.6) is 0 Å². The smallest absolute Gasteiger partial charge is 0.235 e. The van der Waals surface area contributed by atoms with Gasteiger partial charge in [-0.2, -0.15) is 4.98 Å². The molecule has 2 aromatic rings. The summed E-state index contributed by atoms with van der Waals surface area (Å²) in [5.41, 5.74) is 0.673. The zero-order chi connectivity index (χ0) is 18.6. The molecule has 0 spiro atoms. The zero-order valence-corrected chi connectivity index (χ0v) is 15.0. The summed E-state index contributed by atoms with van der Waals surface area (Å²) in [7, 11) is -3.74. The zero-order valence-electron chi connectivity index (χ0n) is 14.2. The quantitative estimate of drug-likeness (QED) is 0.802. The number of carbonyl (C=O) groups excluding carboxylic acids is 1. The van der Waals surface area contributed by atoms with Crippen molar-refractivity contribution in [1.82, 2.24) is 15.5 Å². The van der Waals surface area contributed by atoms with Gasteiger partial charge in [-0.1, -0.05) is 31.1 Å². The molecule has 0 saturated carbocycles. The minimum atomic E-state index is -3.74. The Morgan fingerprint density at radius 3 is 2.44 bits per heavy atom. The first-order valence-electron chi connectivity index (χ1n) is 7.74. The van der Waals surface area contributed by atoms with Crippen LogP contribution in [0.15, 0.2) is 28.8 Å². The Bertz CT molecular complexity index is 831. The van der Waals surface area contributed by atoms with Crippen molar-refractivity contribution in [3.05, 3.63) is 47.4 Å². The van der Waals surface area contributed by atoms with Gasteiger partial charge in [-0.25, -0.2) is 12.8 Å². The van der Waals surface area contributed by atoms with E-state index in [-0.39, 0.29) is 17.6 Å². The van der Waals surface area contributed by atoms with Gasteiger partial charge in [-0.05, 0) is 24.6 Å². The minimum absolute atomic E-state index is 0.0104. The van der Waals surface area contributed by atoms with E-state index >= 15 is 0 Å². The largest absolute Gasteiger partial charge is 0.349 e. The fraction of sp³-hybridized carbons (Fsp3) is 0.438. The van der Waals surface area contributed by atoms with E-state index in [9.17, 15) is 17.6 Å². The van der Waals surface area contributed by atoms with Crippen molar-refractivity contribution in [2.45, 2.75) is 38.5 Å². The molecule has 1 aromatic carbocycles. The Balaban J connectivity index is 1.94. The molecule has 0 fully saturated rings. The van der Waals surface area contributed by atoms with Crippen LogP contribution in [0.1, 0.15) is 50.0 Å². The third-order valence-electron chi connectivity index (χ3n) is 3.43. The van der Waals surface area contributed by atoms with Gasteiger partial charge in [0.2, 0.25) is 11.8 Å². The second-order valence-electron chi connectivity index (χ2n) is 6.08. The summed E-state index contributed by atoms with van der Waals surface area (Å²) in [6.45, 7) is 5.37. The SMILES string of the molecule is CC(C)c1nc(CS(=O)(=O)CC(=O)NC(C)c2ccc(F)cc2)no1. The molecule has 1 N–H and O–H groups in total. The maximum atomic E-state index is 12.9. The van der Waals surface area contributed by atoms with Gasteiger partial charge in [0.05, 0.1) is 6.04 Å². The molecular formula is C16H20FN3O4S. The van der Waals surface area contributed by atoms with E-state index in [1.807, 2.05) is 13.8 Å². The van der Waals surface area contributed by atoms with Crippen molar-refractivity contribution in [2.24, 2.45) is 0 Å². The van der Waals surface area contributed by atoms with Crippen LogP contribution in [0.4, 0.5) is 4.39 Å². The fourth-order valence-electron chi connectivity index (χ4n) is 2.13. The summed E-state index contributed by atoms with van der Waals surface area (Å²) in [6, 6.07) is 5.17. The van der Waals surface area contributed by atoms with Crippen LogP contribution in [-0.4, -0.2) is 30.2 Å². The second kappa shape index (κ2) is 7.73. The van der Waals surface area contributed by atoms with Crippen molar-refractivity contribution in [1.29, 1.82) is 0 Å². The summed E-state index contributed by atoms with van der Waals surface area (Å²) < 4.78 is 42.1. The summed E-state index contributed by atoms with van der Waals surface area (Å²) in [4.78, 5) is 16.0. The summed E-state index contributed by atoms with van der Waals surface area (Å²) in [5, 5.41) is 6.19. The third kappa shape index (κ3) is 5.63. The van der Waals surface area contributed by atoms with Gasteiger partial charge in [0.1, 0.15) is 17.3 Å². The number of benzene rings is 1. The van der Waals surface area contributed by atoms with Crippen molar-refractivity contribution < 1.29 is 22.1 Å². The monoisotopic (exact) mass is 369 g/mol. The van der Waals surface area contributed by atoms with E-state index in [1.165, 1.54) is 24.3 Å². The van der Waals surface area contributed by atoms with E-state index in [0.717, 1.165) is 0 Å². The van der Waals surface area contributed by atoms with Gasteiger partial charge >= 0.3 is 0 Å². The Kier molecular flexibility index (Phi) is 5.89. The van der Waals surface area contributed by atoms with Crippen molar-refractivity contribution >= 4 is 15.7 Å². The molecular weight excluding hydrogens is 349 g/mol. The molecule has 9 heteroatoms. The van der Waals surface area contributed by atoms with E-state index in [1.54, 1.807) is 6.92 Å². The lowest BCUT2D eigenvalue weighted by Gasteiger charge is -2.14. The molecule has 0 aliphatic heterocycles. The number of halogens is 1. The highest BCUT2D eigenvalue weighted by molar-refractivity contribution is 7.91. The van der Waals surface area contributed by atoms with E-state index in [4.69, 9.17) is 4.52 Å². The molecule has 2 rings (SSSR count). The predicted molar refractivity (Wildman–Crippen MR) is 88.8 cm³/mol. The maximum absolute atomic E-state index is 12.9. The highest BCUT2D eigenvalue weighted by Gasteiger charge is 2.22. The first-order chi connectivity index (χ1) is 11.7. The first kappa shape index (κ1) is 19.0. The molecule has 1 amide bonds. The number of nitrogens with one attached hydrogen (secondary N) is 1. The molecule has 25 heavy (non-hydrogen) atoms. The Morgan fingerprint density at radius 1 is 1.24 bits per heavy atom. The molecule has 136 valence electrons. The molecule has 7 nitrogen and oxygen atoms in total. The lowest BCUT2D eigenvalue weighted by molar-refractivity contribution is -0.119.